The second-order valence-electron chi connectivity index (χ2n) is 4.39. The number of hydrogen-bond acceptors (Lipinski definition) is 1. The minimum Gasteiger partial charge on any atom is -0.384 e. The number of hydrogen-bond donors (Lipinski definition) is 1. The molecule has 80 valence electrons. The molecule has 1 nitrogen and oxygen atoms in total. The van der Waals surface area contributed by atoms with Crippen molar-refractivity contribution in [2.75, 3.05) is 11.9 Å². The van der Waals surface area contributed by atoms with Gasteiger partial charge in [0.25, 0.3) is 0 Å². The molecule has 1 N–H and O–H groups in total. The third-order valence-corrected chi connectivity index (χ3v) is 3.39. The van der Waals surface area contributed by atoms with Crippen LogP contribution in [0, 0.1) is 0 Å². The number of alkyl halides is 3. The highest BCUT2D eigenvalue weighted by Gasteiger charge is 2.49. The van der Waals surface area contributed by atoms with Gasteiger partial charge in [0.1, 0.15) is 0 Å². The molecule has 4 heteroatoms. The van der Waals surface area contributed by atoms with Gasteiger partial charge in [-0.15, -0.1) is 0 Å². The number of benzene rings is 1. The van der Waals surface area contributed by atoms with Crippen molar-refractivity contribution >= 4 is 5.69 Å². The van der Waals surface area contributed by atoms with Gasteiger partial charge in [-0.2, -0.15) is 13.2 Å². The van der Waals surface area contributed by atoms with E-state index in [0.717, 1.165) is 24.9 Å². The summed E-state index contributed by atoms with van der Waals surface area (Å²) in [4.78, 5) is 0. The summed E-state index contributed by atoms with van der Waals surface area (Å²) < 4.78 is 37.3. The summed E-state index contributed by atoms with van der Waals surface area (Å²) in [6.45, 7) is 0.795. The van der Waals surface area contributed by atoms with E-state index in [9.17, 15) is 13.2 Å². The molecule has 3 rings (SSSR count). The maximum Gasteiger partial charge on any atom is 0.416 e. The Balaban J connectivity index is 2.06. The summed E-state index contributed by atoms with van der Waals surface area (Å²) in [5.41, 5.74) is 1.34. The lowest BCUT2D eigenvalue weighted by Crippen LogP contribution is -2.08. The third kappa shape index (κ3) is 1.24. The lowest BCUT2D eigenvalue weighted by Gasteiger charge is -2.09. The molecule has 0 saturated heterocycles. The molecule has 1 aliphatic carbocycles. The molecule has 1 aromatic rings. The van der Waals surface area contributed by atoms with Gasteiger partial charge in [0.2, 0.25) is 0 Å². The highest BCUT2D eigenvalue weighted by molar-refractivity contribution is 5.64. The summed E-state index contributed by atoms with van der Waals surface area (Å²) in [6.07, 6.45) is -2.05. The Bertz CT molecular complexity index is 418. The van der Waals surface area contributed by atoms with Gasteiger partial charge >= 0.3 is 6.18 Å². The Morgan fingerprint density at radius 3 is 2.53 bits per heavy atom. The number of fused-ring (bicyclic) bond motifs is 2. The smallest absolute Gasteiger partial charge is 0.384 e. The Morgan fingerprint density at radius 2 is 1.93 bits per heavy atom. The van der Waals surface area contributed by atoms with Crippen LogP contribution in [-0.2, 0) is 11.6 Å². The molecule has 0 atom stereocenters. The molecule has 1 aliphatic heterocycles. The van der Waals surface area contributed by atoms with Crippen LogP contribution >= 0.6 is 0 Å². The molecule has 1 saturated carbocycles. The first kappa shape index (κ1) is 9.07. The topological polar surface area (TPSA) is 12.0 Å². The maximum absolute atomic E-state index is 12.4. The maximum atomic E-state index is 12.4. The van der Waals surface area contributed by atoms with E-state index in [4.69, 9.17) is 0 Å². The molecule has 1 spiro atoms. The van der Waals surface area contributed by atoms with E-state index in [1.165, 1.54) is 12.1 Å². The van der Waals surface area contributed by atoms with Crippen LogP contribution in [0.3, 0.4) is 0 Å². The van der Waals surface area contributed by atoms with Crippen LogP contribution < -0.4 is 5.32 Å². The molecule has 15 heavy (non-hydrogen) atoms. The lowest BCUT2D eigenvalue weighted by molar-refractivity contribution is -0.137. The fraction of sp³-hybridized carbons (Fsp3) is 0.455. The summed E-state index contributed by atoms with van der Waals surface area (Å²) in [5, 5.41) is 3.07. The molecule has 1 heterocycles. The first-order chi connectivity index (χ1) is 7.01. The number of rotatable bonds is 0. The van der Waals surface area contributed by atoms with Gasteiger partial charge in [0.15, 0.2) is 0 Å². The summed E-state index contributed by atoms with van der Waals surface area (Å²) in [7, 11) is 0. The van der Waals surface area contributed by atoms with Crippen molar-refractivity contribution in [2.24, 2.45) is 0 Å². The zero-order valence-electron chi connectivity index (χ0n) is 7.99. The average Bonchev–Trinajstić information content (AvgIpc) is 2.84. The standard InChI is InChI=1S/C11H10F3N/c12-11(13,14)7-1-2-8-9(5-7)15-6-10(8)3-4-10/h1-2,5,15H,3-4,6H2. The molecular formula is C11H10F3N. The predicted octanol–water partition coefficient (Wildman–Crippen LogP) is 3.16. The number of halogens is 3. The molecule has 0 amide bonds. The molecular weight excluding hydrogens is 203 g/mol. The van der Waals surface area contributed by atoms with Crippen molar-refractivity contribution in [1.29, 1.82) is 0 Å². The quantitative estimate of drug-likeness (QED) is 0.698. The largest absolute Gasteiger partial charge is 0.416 e. The third-order valence-electron chi connectivity index (χ3n) is 3.39. The van der Waals surface area contributed by atoms with Crippen LogP contribution in [0.1, 0.15) is 24.0 Å². The van der Waals surface area contributed by atoms with Crippen molar-refractivity contribution in [3.63, 3.8) is 0 Å². The highest BCUT2D eigenvalue weighted by atomic mass is 19.4. The number of anilines is 1. The van der Waals surface area contributed by atoms with Crippen LogP contribution in [-0.4, -0.2) is 6.54 Å². The van der Waals surface area contributed by atoms with E-state index < -0.39 is 11.7 Å². The van der Waals surface area contributed by atoms with Crippen LogP contribution in [0.25, 0.3) is 0 Å². The van der Waals surface area contributed by atoms with Gasteiger partial charge in [-0.1, -0.05) is 6.07 Å². The van der Waals surface area contributed by atoms with Crippen LogP contribution in [0.4, 0.5) is 18.9 Å². The second-order valence-corrected chi connectivity index (χ2v) is 4.39. The van der Waals surface area contributed by atoms with E-state index in [1.54, 1.807) is 6.07 Å². The van der Waals surface area contributed by atoms with Gasteiger partial charge in [-0.3, -0.25) is 0 Å². The van der Waals surface area contributed by atoms with Gasteiger partial charge in [0.05, 0.1) is 5.56 Å². The molecule has 0 radical (unpaired) electrons. The minimum absolute atomic E-state index is 0.166. The molecule has 0 bridgehead atoms. The van der Waals surface area contributed by atoms with Crippen LogP contribution in [0.2, 0.25) is 0 Å². The molecule has 0 aromatic heterocycles. The predicted molar refractivity (Wildman–Crippen MR) is 50.8 cm³/mol. The van der Waals surface area contributed by atoms with Crippen LogP contribution in [0.5, 0.6) is 0 Å². The average molecular weight is 213 g/mol. The Hall–Kier alpha value is -1.19. The lowest BCUT2D eigenvalue weighted by atomic mass is 9.97. The van der Waals surface area contributed by atoms with E-state index in [-0.39, 0.29) is 5.41 Å². The highest BCUT2D eigenvalue weighted by Crippen LogP contribution is 2.54. The normalized spacial score (nSPS) is 21.3. The van der Waals surface area contributed by atoms with Gasteiger partial charge < -0.3 is 5.32 Å². The molecule has 0 unspecified atom stereocenters. The first-order valence-corrected chi connectivity index (χ1v) is 4.97. The summed E-state index contributed by atoms with van der Waals surface area (Å²) >= 11 is 0. The van der Waals surface area contributed by atoms with Crippen molar-refractivity contribution < 1.29 is 13.2 Å². The van der Waals surface area contributed by atoms with E-state index >= 15 is 0 Å². The van der Waals surface area contributed by atoms with Gasteiger partial charge in [-0.25, -0.2) is 0 Å². The molecule has 1 fully saturated rings. The van der Waals surface area contributed by atoms with Gasteiger partial charge in [-0.05, 0) is 30.5 Å². The molecule has 1 aromatic carbocycles. The van der Waals surface area contributed by atoms with Gasteiger partial charge in [0, 0.05) is 17.6 Å². The fourth-order valence-corrected chi connectivity index (χ4v) is 2.29. The summed E-state index contributed by atoms with van der Waals surface area (Å²) in [5.74, 6) is 0. The van der Waals surface area contributed by atoms with Crippen LogP contribution in [0.15, 0.2) is 18.2 Å². The van der Waals surface area contributed by atoms with E-state index in [0.29, 0.717) is 5.69 Å². The molecule has 2 aliphatic rings. The Morgan fingerprint density at radius 1 is 1.20 bits per heavy atom. The fourth-order valence-electron chi connectivity index (χ4n) is 2.29. The zero-order valence-corrected chi connectivity index (χ0v) is 7.99. The summed E-state index contributed by atoms with van der Waals surface area (Å²) in [6, 6.07) is 4.04. The monoisotopic (exact) mass is 213 g/mol. The first-order valence-electron chi connectivity index (χ1n) is 4.97. The Labute approximate surface area is 85.3 Å². The van der Waals surface area contributed by atoms with Crippen molar-refractivity contribution in [1.82, 2.24) is 0 Å². The van der Waals surface area contributed by atoms with Crippen molar-refractivity contribution in [3.8, 4) is 0 Å². The number of nitrogens with one attached hydrogen (secondary N) is 1. The minimum atomic E-state index is -4.24. The van der Waals surface area contributed by atoms with Crippen molar-refractivity contribution in [3.05, 3.63) is 29.3 Å². The second kappa shape index (κ2) is 2.49. The van der Waals surface area contributed by atoms with Crippen molar-refractivity contribution in [2.45, 2.75) is 24.4 Å². The zero-order chi connectivity index (χ0) is 10.7. The Kier molecular flexibility index (Phi) is 1.50. The van der Waals surface area contributed by atoms with E-state index in [1.807, 2.05) is 0 Å². The SMILES string of the molecule is FC(F)(F)c1ccc2c(c1)NCC21CC1. The van der Waals surface area contributed by atoms with E-state index in [2.05, 4.69) is 5.32 Å².